The molecule has 3 nitrogen and oxygen atoms in total. The third kappa shape index (κ3) is 1.39. The maximum Gasteiger partial charge on any atom is 0.136 e. The fourth-order valence-electron chi connectivity index (χ4n) is 1.99. The SMILES string of the molecule is COc1ccccc1C1(C#N)CC(=O)C1. The maximum absolute atomic E-state index is 11.1. The van der Waals surface area contributed by atoms with E-state index in [2.05, 4.69) is 6.07 Å². The quantitative estimate of drug-likeness (QED) is 0.733. The second kappa shape index (κ2) is 3.39. The van der Waals surface area contributed by atoms with E-state index >= 15 is 0 Å². The monoisotopic (exact) mass is 201 g/mol. The number of carbonyl (C=O) groups is 1. The molecule has 1 aliphatic carbocycles. The van der Waals surface area contributed by atoms with E-state index in [1.165, 1.54) is 0 Å². The van der Waals surface area contributed by atoms with Crippen molar-refractivity contribution in [2.75, 3.05) is 7.11 Å². The Labute approximate surface area is 88.3 Å². The van der Waals surface area contributed by atoms with E-state index in [0.717, 1.165) is 5.56 Å². The standard InChI is InChI=1S/C12H11NO2/c1-15-11-5-3-2-4-10(11)12(8-13)6-9(14)7-12/h2-5H,6-7H2,1H3. The molecule has 0 radical (unpaired) electrons. The lowest BCUT2D eigenvalue weighted by molar-refractivity contribution is -0.126. The topological polar surface area (TPSA) is 50.1 Å². The number of methoxy groups -OCH3 is 1. The summed E-state index contributed by atoms with van der Waals surface area (Å²) in [7, 11) is 1.57. The number of carbonyl (C=O) groups excluding carboxylic acids is 1. The number of Topliss-reactive ketones (excluding diaryl/α,β-unsaturated/α-hetero) is 1. The van der Waals surface area contributed by atoms with Gasteiger partial charge in [0.25, 0.3) is 0 Å². The van der Waals surface area contributed by atoms with Crippen LogP contribution in [0.3, 0.4) is 0 Å². The predicted octanol–water partition coefficient (Wildman–Crippen LogP) is 1.82. The molecule has 2 rings (SSSR count). The van der Waals surface area contributed by atoms with Gasteiger partial charge in [-0.15, -0.1) is 0 Å². The van der Waals surface area contributed by atoms with Gasteiger partial charge < -0.3 is 4.74 Å². The summed E-state index contributed by atoms with van der Waals surface area (Å²) in [6.07, 6.45) is 0.619. The Morgan fingerprint density at radius 1 is 1.40 bits per heavy atom. The first-order valence-corrected chi connectivity index (χ1v) is 4.78. The van der Waals surface area contributed by atoms with Crippen LogP contribution in [0, 0.1) is 11.3 Å². The molecule has 1 fully saturated rings. The van der Waals surface area contributed by atoms with Crippen molar-refractivity contribution in [2.24, 2.45) is 0 Å². The number of nitrogens with zero attached hydrogens (tertiary/aromatic N) is 1. The number of rotatable bonds is 2. The second-order valence-corrected chi connectivity index (χ2v) is 3.79. The molecule has 0 spiro atoms. The fraction of sp³-hybridized carbons (Fsp3) is 0.333. The van der Waals surface area contributed by atoms with Crippen LogP contribution in [0.25, 0.3) is 0 Å². The highest BCUT2D eigenvalue weighted by Gasteiger charge is 2.47. The van der Waals surface area contributed by atoms with Gasteiger partial charge in [-0.2, -0.15) is 5.26 Å². The molecule has 15 heavy (non-hydrogen) atoms. The summed E-state index contributed by atoms with van der Waals surface area (Å²) < 4.78 is 5.20. The average Bonchev–Trinajstić information content (AvgIpc) is 2.24. The van der Waals surface area contributed by atoms with Crippen LogP contribution in [0.5, 0.6) is 5.75 Å². The van der Waals surface area contributed by atoms with Crippen molar-refractivity contribution in [3.8, 4) is 11.8 Å². The van der Waals surface area contributed by atoms with E-state index in [0.29, 0.717) is 18.6 Å². The van der Waals surface area contributed by atoms with Gasteiger partial charge in [0.1, 0.15) is 11.5 Å². The summed E-state index contributed by atoms with van der Waals surface area (Å²) in [5.74, 6) is 0.828. The molecule has 76 valence electrons. The van der Waals surface area contributed by atoms with Gasteiger partial charge in [0, 0.05) is 18.4 Å². The number of hydrogen-bond donors (Lipinski definition) is 0. The van der Waals surface area contributed by atoms with Gasteiger partial charge in [-0.25, -0.2) is 0 Å². The van der Waals surface area contributed by atoms with Gasteiger partial charge in [0.15, 0.2) is 0 Å². The van der Waals surface area contributed by atoms with Crippen LogP contribution < -0.4 is 4.74 Å². The van der Waals surface area contributed by atoms with Gasteiger partial charge >= 0.3 is 0 Å². The zero-order valence-corrected chi connectivity index (χ0v) is 8.49. The normalized spacial score (nSPS) is 17.7. The van der Waals surface area contributed by atoms with Crippen molar-refractivity contribution >= 4 is 5.78 Å². The highest BCUT2D eigenvalue weighted by Crippen LogP contribution is 2.44. The number of para-hydroxylation sites is 1. The lowest BCUT2D eigenvalue weighted by Gasteiger charge is -2.34. The van der Waals surface area contributed by atoms with Crippen molar-refractivity contribution in [2.45, 2.75) is 18.3 Å². The van der Waals surface area contributed by atoms with Crippen LogP contribution in [0.2, 0.25) is 0 Å². The highest BCUT2D eigenvalue weighted by molar-refractivity contribution is 5.90. The van der Waals surface area contributed by atoms with Crippen LogP contribution in [0.1, 0.15) is 18.4 Å². The molecule has 1 aromatic carbocycles. The van der Waals surface area contributed by atoms with Gasteiger partial charge in [0.05, 0.1) is 18.6 Å². The van der Waals surface area contributed by atoms with Crippen LogP contribution in [0.15, 0.2) is 24.3 Å². The lowest BCUT2D eigenvalue weighted by Crippen LogP contribution is -2.40. The van der Waals surface area contributed by atoms with Crippen molar-refractivity contribution in [3.05, 3.63) is 29.8 Å². The number of hydrogen-bond acceptors (Lipinski definition) is 3. The highest BCUT2D eigenvalue weighted by atomic mass is 16.5. The van der Waals surface area contributed by atoms with Gasteiger partial charge in [-0.1, -0.05) is 18.2 Å². The Morgan fingerprint density at radius 3 is 2.60 bits per heavy atom. The van der Waals surface area contributed by atoms with E-state index < -0.39 is 5.41 Å². The molecule has 0 aromatic heterocycles. The number of nitriles is 1. The third-order valence-corrected chi connectivity index (χ3v) is 2.83. The van der Waals surface area contributed by atoms with Crippen molar-refractivity contribution in [3.63, 3.8) is 0 Å². The predicted molar refractivity (Wildman–Crippen MR) is 54.5 cm³/mol. The van der Waals surface area contributed by atoms with Gasteiger partial charge in [0.2, 0.25) is 0 Å². The molecular formula is C12H11NO2. The Morgan fingerprint density at radius 2 is 2.07 bits per heavy atom. The lowest BCUT2D eigenvalue weighted by atomic mass is 9.64. The van der Waals surface area contributed by atoms with Crippen LogP contribution in [-0.4, -0.2) is 12.9 Å². The molecule has 1 saturated carbocycles. The Kier molecular flexibility index (Phi) is 2.20. The molecule has 1 aromatic rings. The summed E-state index contributed by atoms with van der Waals surface area (Å²) in [5.41, 5.74) is 0.179. The minimum Gasteiger partial charge on any atom is -0.496 e. The second-order valence-electron chi connectivity index (χ2n) is 3.79. The van der Waals surface area contributed by atoms with E-state index in [1.54, 1.807) is 7.11 Å². The maximum atomic E-state index is 11.1. The molecule has 0 bridgehead atoms. The van der Waals surface area contributed by atoms with Crippen molar-refractivity contribution in [1.82, 2.24) is 0 Å². The van der Waals surface area contributed by atoms with Crippen LogP contribution >= 0.6 is 0 Å². The molecule has 0 heterocycles. The molecule has 3 heteroatoms. The van der Waals surface area contributed by atoms with Crippen molar-refractivity contribution in [1.29, 1.82) is 5.26 Å². The van der Waals surface area contributed by atoms with Gasteiger partial charge in [-0.3, -0.25) is 4.79 Å². The molecule has 0 amide bonds. The molecule has 0 unspecified atom stereocenters. The number of ether oxygens (including phenoxy) is 1. The molecule has 0 N–H and O–H groups in total. The first-order valence-electron chi connectivity index (χ1n) is 4.78. The first kappa shape index (κ1) is 9.72. The zero-order chi connectivity index (χ0) is 10.9. The van der Waals surface area contributed by atoms with E-state index in [9.17, 15) is 4.79 Å². The molecule has 1 aliphatic rings. The summed E-state index contributed by atoms with van der Waals surface area (Å²) in [5, 5.41) is 9.17. The minimum absolute atomic E-state index is 0.141. The summed E-state index contributed by atoms with van der Waals surface area (Å²) >= 11 is 0. The van der Waals surface area contributed by atoms with Crippen LogP contribution in [-0.2, 0) is 10.2 Å². The molecular weight excluding hydrogens is 190 g/mol. The van der Waals surface area contributed by atoms with Crippen LogP contribution in [0.4, 0.5) is 0 Å². The smallest absolute Gasteiger partial charge is 0.136 e. The van der Waals surface area contributed by atoms with E-state index in [1.807, 2.05) is 24.3 Å². The first-order chi connectivity index (χ1) is 7.22. The molecule has 0 saturated heterocycles. The van der Waals surface area contributed by atoms with E-state index in [-0.39, 0.29) is 5.78 Å². The Hall–Kier alpha value is -1.82. The average molecular weight is 201 g/mol. The fourth-order valence-corrected chi connectivity index (χ4v) is 1.99. The van der Waals surface area contributed by atoms with Crippen molar-refractivity contribution < 1.29 is 9.53 Å². The largest absolute Gasteiger partial charge is 0.496 e. The summed E-state index contributed by atoms with van der Waals surface area (Å²) in [6.45, 7) is 0. The third-order valence-electron chi connectivity index (χ3n) is 2.83. The zero-order valence-electron chi connectivity index (χ0n) is 8.49. The summed E-state index contributed by atoms with van der Waals surface area (Å²) in [6, 6.07) is 9.62. The molecule has 0 aliphatic heterocycles. The molecule has 0 atom stereocenters. The van der Waals surface area contributed by atoms with Gasteiger partial charge in [-0.05, 0) is 6.07 Å². The van der Waals surface area contributed by atoms with E-state index in [4.69, 9.17) is 10.00 Å². The Bertz CT molecular complexity index is 437. The summed E-state index contributed by atoms with van der Waals surface area (Å²) in [4.78, 5) is 11.1. The number of benzene rings is 1. The Balaban J connectivity index is 2.45. The minimum atomic E-state index is -0.649. The number of ketones is 1.